The summed E-state index contributed by atoms with van der Waals surface area (Å²) in [5, 5.41) is 26.3. The molecule has 3 N–H and O–H groups in total. The monoisotopic (exact) mass is 585 g/mol. The van der Waals surface area contributed by atoms with Gasteiger partial charge in [0.15, 0.2) is 6.19 Å². The zero-order valence-corrected chi connectivity index (χ0v) is 22.2. The second kappa shape index (κ2) is 12.0. The van der Waals surface area contributed by atoms with Gasteiger partial charge in [-0.1, -0.05) is 42.5 Å². The van der Waals surface area contributed by atoms with Gasteiger partial charge in [-0.05, 0) is 46.7 Å². The number of aliphatic carboxylic acids is 1. The van der Waals surface area contributed by atoms with Crippen LogP contribution < -0.4 is 5.32 Å². The van der Waals surface area contributed by atoms with E-state index in [2.05, 4.69) is 26.5 Å². The molecule has 3 heterocycles. The van der Waals surface area contributed by atoms with Crippen LogP contribution in [-0.4, -0.2) is 54.7 Å². The van der Waals surface area contributed by atoms with Crippen LogP contribution in [0, 0.1) is 11.5 Å². The quantitative estimate of drug-likeness (QED) is 0.228. The summed E-state index contributed by atoms with van der Waals surface area (Å²) in [6.45, 7) is 1.02. The van der Waals surface area contributed by atoms with Crippen molar-refractivity contribution < 1.29 is 27.9 Å². The highest BCUT2D eigenvalue weighted by Gasteiger charge is 2.38. The number of carboxylic acids is 1. The van der Waals surface area contributed by atoms with Crippen LogP contribution in [0.3, 0.4) is 0 Å². The largest absolute Gasteiger partial charge is 0.490 e. The van der Waals surface area contributed by atoms with E-state index < -0.39 is 12.1 Å². The predicted molar refractivity (Wildman–Crippen MR) is 152 cm³/mol. The molecule has 0 fully saturated rings. The highest BCUT2D eigenvalue weighted by atomic mass is 19.4. The lowest BCUT2D eigenvalue weighted by Crippen LogP contribution is -2.31. The van der Waals surface area contributed by atoms with Crippen molar-refractivity contribution in [3.8, 4) is 6.19 Å². The van der Waals surface area contributed by atoms with Crippen LogP contribution in [0.1, 0.15) is 21.6 Å². The van der Waals surface area contributed by atoms with Crippen LogP contribution in [0.25, 0.3) is 27.4 Å². The lowest BCUT2D eigenvalue weighted by atomic mass is 10.1. The Morgan fingerprint density at radius 2 is 1.79 bits per heavy atom. The summed E-state index contributed by atoms with van der Waals surface area (Å²) in [7, 11) is 0. The second-order valence-corrected chi connectivity index (χ2v) is 9.40. The third-order valence-electron chi connectivity index (χ3n) is 6.50. The highest BCUT2D eigenvalue weighted by molar-refractivity contribution is 6.06. The van der Waals surface area contributed by atoms with E-state index in [0.29, 0.717) is 24.3 Å². The maximum Gasteiger partial charge on any atom is 0.490 e. The fourth-order valence-electron chi connectivity index (χ4n) is 4.52. The number of alkyl halides is 3. The molecule has 0 unspecified atom stereocenters. The van der Waals surface area contributed by atoms with Gasteiger partial charge >= 0.3 is 12.1 Å². The Morgan fingerprint density at radius 1 is 1.02 bits per heavy atom. The average Bonchev–Trinajstić information content (AvgIpc) is 3.64. The molecule has 0 bridgehead atoms. The molecule has 6 rings (SSSR count). The number of nitriles is 1. The van der Waals surface area contributed by atoms with E-state index in [1.54, 1.807) is 6.20 Å². The number of H-pyrrole nitrogens is 1. The van der Waals surface area contributed by atoms with Crippen LogP contribution in [0.15, 0.2) is 91.5 Å². The van der Waals surface area contributed by atoms with Gasteiger partial charge in [0.2, 0.25) is 0 Å². The third kappa shape index (κ3) is 6.61. The van der Waals surface area contributed by atoms with Crippen molar-refractivity contribution in [3.63, 3.8) is 0 Å². The number of carbonyl (C=O) groups is 2. The van der Waals surface area contributed by atoms with Crippen molar-refractivity contribution in [1.82, 2.24) is 25.0 Å². The SMILES string of the molecule is N#CN1C=C(c2ncnc3[nH]ccc23)CN1Cc1cccc(NC(=O)c2ccc3ccccc3c2)c1.O=C(O)C(F)(F)F. The fraction of sp³-hybridized carbons (Fsp3) is 0.100. The first-order valence-corrected chi connectivity index (χ1v) is 12.7. The number of rotatable bonds is 5. The third-order valence-corrected chi connectivity index (χ3v) is 6.50. The summed E-state index contributed by atoms with van der Waals surface area (Å²) in [6.07, 6.45) is 2.30. The van der Waals surface area contributed by atoms with Gasteiger partial charge in [0.05, 0.1) is 5.69 Å². The second-order valence-electron chi connectivity index (χ2n) is 9.40. The maximum absolute atomic E-state index is 12.9. The number of benzene rings is 3. The van der Waals surface area contributed by atoms with Crippen LogP contribution in [-0.2, 0) is 11.3 Å². The summed E-state index contributed by atoms with van der Waals surface area (Å²) in [5.74, 6) is -2.92. The molecule has 0 spiro atoms. The first kappa shape index (κ1) is 28.8. The van der Waals surface area contributed by atoms with Crippen molar-refractivity contribution in [2.75, 3.05) is 11.9 Å². The molecule has 3 aromatic carbocycles. The number of aromatic nitrogens is 3. The Bertz CT molecular complexity index is 1900. The van der Waals surface area contributed by atoms with Gasteiger partial charge in [0.1, 0.15) is 12.0 Å². The number of hydrogen-bond acceptors (Lipinski definition) is 7. The average molecular weight is 586 g/mol. The fourth-order valence-corrected chi connectivity index (χ4v) is 4.52. The number of hydrazine groups is 1. The summed E-state index contributed by atoms with van der Waals surface area (Å²) in [4.78, 5) is 33.6. The Balaban J connectivity index is 0.000000472. The molecule has 0 saturated heterocycles. The normalized spacial score (nSPS) is 13.3. The molecular weight excluding hydrogens is 563 g/mol. The molecule has 1 aliphatic rings. The van der Waals surface area contributed by atoms with E-state index in [9.17, 15) is 23.2 Å². The number of hydrogen-bond donors (Lipinski definition) is 3. The molecule has 2 aromatic heterocycles. The van der Waals surface area contributed by atoms with Crippen molar-refractivity contribution in [1.29, 1.82) is 5.26 Å². The van der Waals surface area contributed by atoms with Gasteiger partial charge in [0.25, 0.3) is 5.91 Å². The number of anilines is 1. The number of carboxylic acid groups (broad SMARTS) is 1. The van der Waals surface area contributed by atoms with Gasteiger partial charge in [-0.2, -0.15) is 23.4 Å². The molecule has 0 saturated carbocycles. The van der Waals surface area contributed by atoms with Crippen molar-refractivity contribution in [2.24, 2.45) is 0 Å². The van der Waals surface area contributed by atoms with Crippen molar-refractivity contribution in [3.05, 3.63) is 108 Å². The Morgan fingerprint density at radius 3 is 2.53 bits per heavy atom. The Kier molecular flexibility index (Phi) is 8.04. The molecule has 216 valence electrons. The lowest BCUT2D eigenvalue weighted by molar-refractivity contribution is -0.192. The van der Waals surface area contributed by atoms with Crippen LogP contribution in [0.2, 0.25) is 0 Å². The van der Waals surface area contributed by atoms with Gasteiger partial charge in [0, 0.05) is 47.7 Å². The molecule has 1 aliphatic heterocycles. The zero-order valence-electron chi connectivity index (χ0n) is 22.2. The molecule has 1 amide bonds. The van der Waals surface area contributed by atoms with E-state index in [0.717, 1.165) is 38.6 Å². The van der Waals surface area contributed by atoms with Gasteiger partial charge < -0.3 is 15.4 Å². The zero-order chi connectivity index (χ0) is 30.6. The number of carbonyl (C=O) groups excluding carboxylic acids is 1. The van der Waals surface area contributed by atoms with Gasteiger partial charge in [-0.3, -0.25) is 4.79 Å². The van der Waals surface area contributed by atoms with E-state index >= 15 is 0 Å². The van der Waals surface area contributed by atoms with Crippen molar-refractivity contribution >= 4 is 44.9 Å². The van der Waals surface area contributed by atoms with Gasteiger partial charge in [-0.15, -0.1) is 0 Å². The molecule has 10 nitrogen and oxygen atoms in total. The topological polar surface area (TPSA) is 138 Å². The van der Waals surface area contributed by atoms with Crippen LogP contribution >= 0.6 is 0 Å². The predicted octanol–water partition coefficient (Wildman–Crippen LogP) is 5.55. The van der Waals surface area contributed by atoms with Crippen LogP contribution in [0.4, 0.5) is 18.9 Å². The first-order chi connectivity index (χ1) is 20.6. The Hall–Kier alpha value is -5.74. The molecule has 0 radical (unpaired) electrons. The number of amides is 1. The standard InChI is InChI=1S/C28H21N7O.C2HF3O2/c29-17-35-16-23(26-25-10-11-30-27(25)32-18-31-26)15-34(35)14-19-4-3-7-24(12-19)33-28(36)22-9-8-20-5-1-2-6-21(20)13-22;3-2(4,5)1(6)7/h1-13,16,18H,14-15H2,(H,33,36)(H,30,31,32);(H,6,7). The van der Waals surface area contributed by atoms with Gasteiger partial charge in [-0.25, -0.2) is 19.8 Å². The number of halogens is 3. The maximum atomic E-state index is 12.9. The minimum absolute atomic E-state index is 0.166. The smallest absolute Gasteiger partial charge is 0.475 e. The van der Waals surface area contributed by atoms with E-state index in [4.69, 9.17) is 9.90 Å². The number of fused-ring (bicyclic) bond motifs is 2. The molecule has 0 atom stereocenters. The summed E-state index contributed by atoms with van der Waals surface area (Å²) < 4.78 is 31.7. The number of nitrogens with zero attached hydrogens (tertiary/aromatic N) is 5. The molecule has 0 aliphatic carbocycles. The molecule has 43 heavy (non-hydrogen) atoms. The molecular formula is C30H22F3N7O3. The summed E-state index contributed by atoms with van der Waals surface area (Å²) in [6, 6.07) is 23.3. The first-order valence-electron chi connectivity index (χ1n) is 12.7. The highest BCUT2D eigenvalue weighted by Crippen LogP contribution is 2.28. The minimum Gasteiger partial charge on any atom is -0.475 e. The molecule has 5 aromatic rings. The van der Waals surface area contributed by atoms with E-state index in [1.165, 1.54) is 11.3 Å². The van der Waals surface area contributed by atoms with Crippen molar-refractivity contribution in [2.45, 2.75) is 12.7 Å². The van der Waals surface area contributed by atoms with E-state index in [1.807, 2.05) is 84.0 Å². The Labute approximate surface area is 242 Å². The molecule has 13 heteroatoms. The summed E-state index contributed by atoms with van der Waals surface area (Å²) >= 11 is 0. The van der Waals surface area contributed by atoms with E-state index in [-0.39, 0.29) is 5.91 Å². The van der Waals surface area contributed by atoms with Crippen LogP contribution in [0.5, 0.6) is 0 Å². The minimum atomic E-state index is -5.08. The number of nitrogens with one attached hydrogen (secondary N) is 2. The number of aromatic amines is 1. The summed E-state index contributed by atoms with van der Waals surface area (Å²) in [5.41, 5.74) is 4.77. The lowest BCUT2D eigenvalue weighted by Gasteiger charge is -2.22.